The topological polar surface area (TPSA) is 57.7 Å². The molecule has 5 heteroatoms. The smallest absolute Gasteiger partial charge is 0.275 e. The first-order valence-corrected chi connectivity index (χ1v) is 9.78. The number of carbonyl (C=O) groups excluding carboxylic acids is 3. The van der Waals surface area contributed by atoms with E-state index in [1.54, 1.807) is 6.20 Å². The summed E-state index contributed by atoms with van der Waals surface area (Å²) in [5.41, 5.74) is 0.976. The molecule has 0 aromatic heterocycles. The van der Waals surface area contributed by atoms with Gasteiger partial charge in [0, 0.05) is 20.0 Å². The van der Waals surface area contributed by atoms with Crippen LogP contribution < -0.4 is 0 Å². The molecule has 1 aliphatic heterocycles. The van der Waals surface area contributed by atoms with E-state index in [2.05, 4.69) is 6.92 Å². The maximum absolute atomic E-state index is 12.1. The summed E-state index contributed by atoms with van der Waals surface area (Å²) in [6.45, 7) is 5.26. The van der Waals surface area contributed by atoms with E-state index in [0.717, 1.165) is 34.6 Å². The largest absolute Gasteiger partial charge is 0.337 e. The van der Waals surface area contributed by atoms with Gasteiger partial charge in [-0.2, -0.15) is 0 Å². The molecule has 0 spiro atoms. The monoisotopic (exact) mass is 350 g/mol. The summed E-state index contributed by atoms with van der Waals surface area (Å²) in [7, 11) is 0. The van der Waals surface area contributed by atoms with E-state index in [-0.39, 0.29) is 11.8 Å². The molecule has 0 aromatic rings. The molecule has 0 atom stereocenters. The number of urea groups is 1. The Balaban J connectivity index is 2.27. The predicted molar refractivity (Wildman–Crippen MR) is 99.8 cm³/mol. The molecule has 25 heavy (non-hydrogen) atoms. The Morgan fingerprint density at radius 2 is 1.40 bits per heavy atom. The first-order valence-electron chi connectivity index (χ1n) is 9.78. The zero-order chi connectivity index (χ0) is 18.7. The molecule has 1 aliphatic rings. The Morgan fingerprint density at radius 1 is 0.880 bits per heavy atom. The zero-order valence-electron chi connectivity index (χ0n) is 16.2. The van der Waals surface area contributed by atoms with Crippen LogP contribution in [0.2, 0.25) is 0 Å². The molecule has 0 radical (unpaired) electrons. The summed E-state index contributed by atoms with van der Waals surface area (Å²) in [6, 6.07) is -0.535. The first kappa shape index (κ1) is 21.4. The zero-order valence-corrected chi connectivity index (χ0v) is 16.2. The third-order valence-corrected chi connectivity index (χ3v) is 4.68. The molecule has 0 fully saturated rings. The van der Waals surface area contributed by atoms with Gasteiger partial charge >= 0.3 is 6.03 Å². The molecule has 0 bridgehead atoms. The Morgan fingerprint density at radius 3 is 1.88 bits per heavy atom. The molecule has 0 unspecified atom stereocenters. The standard InChI is InChI=1S/C20H34N2O3/c1-4-5-6-7-8-9-10-11-12-13-14-19-15-21(17(2)23)20(25)22(16-19)18(3)24/h15H,4-14,16H2,1-3H3. The second-order valence-corrected chi connectivity index (χ2v) is 7.00. The number of imide groups is 2. The van der Waals surface area contributed by atoms with Gasteiger partial charge in [-0.1, -0.05) is 64.7 Å². The molecular weight excluding hydrogens is 316 g/mol. The Bertz CT molecular complexity index is 485. The lowest BCUT2D eigenvalue weighted by atomic mass is 10.0. The van der Waals surface area contributed by atoms with Crippen molar-refractivity contribution >= 4 is 17.8 Å². The summed E-state index contributed by atoms with van der Waals surface area (Å²) < 4.78 is 0. The fraction of sp³-hybridized carbons (Fsp3) is 0.750. The van der Waals surface area contributed by atoms with Gasteiger partial charge in [0.15, 0.2) is 0 Å². The summed E-state index contributed by atoms with van der Waals surface area (Å²) in [6.07, 6.45) is 15.2. The van der Waals surface area contributed by atoms with Gasteiger partial charge in [0.1, 0.15) is 0 Å². The minimum Gasteiger partial charge on any atom is -0.275 e. The fourth-order valence-corrected chi connectivity index (χ4v) is 3.13. The molecular formula is C20H34N2O3. The first-order chi connectivity index (χ1) is 12.0. The minimum atomic E-state index is -0.535. The van der Waals surface area contributed by atoms with Gasteiger partial charge < -0.3 is 0 Å². The number of rotatable bonds is 11. The van der Waals surface area contributed by atoms with Crippen molar-refractivity contribution in [3.8, 4) is 0 Å². The van der Waals surface area contributed by atoms with Crippen LogP contribution in [0.1, 0.15) is 91.4 Å². The van der Waals surface area contributed by atoms with Gasteiger partial charge in [-0.15, -0.1) is 0 Å². The molecule has 4 amide bonds. The highest BCUT2D eigenvalue weighted by Gasteiger charge is 2.30. The molecule has 0 aliphatic carbocycles. The van der Waals surface area contributed by atoms with Crippen LogP contribution in [0.3, 0.4) is 0 Å². The third kappa shape index (κ3) is 7.84. The van der Waals surface area contributed by atoms with Crippen molar-refractivity contribution in [1.29, 1.82) is 0 Å². The van der Waals surface area contributed by atoms with E-state index < -0.39 is 6.03 Å². The summed E-state index contributed by atoms with van der Waals surface area (Å²) in [5.74, 6) is -0.665. The van der Waals surface area contributed by atoms with Crippen LogP contribution in [0.15, 0.2) is 11.8 Å². The summed E-state index contributed by atoms with van der Waals surface area (Å²) in [5, 5.41) is 0. The molecule has 0 saturated carbocycles. The van der Waals surface area contributed by atoms with Crippen molar-refractivity contribution in [3.63, 3.8) is 0 Å². The van der Waals surface area contributed by atoms with Crippen molar-refractivity contribution in [2.24, 2.45) is 0 Å². The van der Waals surface area contributed by atoms with Gasteiger partial charge in [0.05, 0.1) is 6.54 Å². The number of carbonyl (C=O) groups is 3. The van der Waals surface area contributed by atoms with Crippen LogP contribution in [0.4, 0.5) is 4.79 Å². The van der Waals surface area contributed by atoms with Gasteiger partial charge in [0.2, 0.25) is 11.8 Å². The van der Waals surface area contributed by atoms with E-state index >= 15 is 0 Å². The predicted octanol–water partition coefficient (Wildman–Crippen LogP) is 5.01. The second kappa shape index (κ2) is 11.8. The second-order valence-electron chi connectivity index (χ2n) is 7.00. The quantitative estimate of drug-likeness (QED) is 0.492. The van der Waals surface area contributed by atoms with Crippen molar-refractivity contribution < 1.29 is 14.4 Å². The molecule has 1 rings (SSSR count). The van der Waals surface area contributed by atoms with Crippen molar-refractivity contribution in [2.45, 2.75) is 91.4 Å². The lowest BCUT2D eigenvalue weighted by Gasteiger charge is -2.30. The summed E-state index contributed by atoms with van der Waals surface area (Å²) in [4.78, 5) is 37.5. The van der Waals surface area contributed by atoms with E-state index in [4.69, 9.17) is 0 Å². The van der Waals surface area contributed by atoms with Crippen molar-refractivity contribution in [3.05, 3.63) is 11.8 Å². The number of amides is 4. The number of hydrogen-bond donors (Lipinski definition) is 0. The molecule has 5 nitrogen and oxygen atoms in total. The highest BCUT2D eigenvalue weighted by Crippen LogP contribution is 2.20. The molecule has 142 valence electrons. The SMILES string of the molecule is CCCCCCCCCCCCC1=CN(C(C)=O)C(=O)N(C(C)=O)C1. The van der Waals surface area contributed by atoms with Gasteiger partial charge in [-0.25, -0.2) is 9.69 Å². The fourth-order valence-electron chi connectivity index (χ4n) is 3.13. The molecule has 0 N–H and O–H groups in total. The van der Waals surface area contributed by atoms with E-state index in [9.17, 15) is 14.4 Å². The van der Waals surface area contributed by atoms with Gasteiger partial charge in [0.25, 0.3) is 0 Å². The lowest BCUT2D eigenvalue weighted by Crippen LogP contribution is -2.49. The van der Waals surface area contributed by atoms with Gasteiger partial charge in [-0.3, -0.25) is 14.5 Å². The average Bonchev–Trinajstić information content (AvgIpc) is 2.57. The van der Waals surface area contributed by atoms with Crippen LogP contribution in [0.25, 0.3) is 0 Å². The number of nitrogens with zero attached hydrogens (tertiary/aromatic N) is 2. The van der Waals surface area contributed by atoms with Crippen LogP contribution in [-0.2, 0) is 9.59 Å². The maximum atomic E-state index is 12.1. The number of hydrogen-bond acceptors (Lipinski definition) is 3. The maximum Gasteiger partial charge on any atom is 0.337 e. The molecule has 0 aromatic carbocycles. The van der Waals surface area contributed by atoms with E-state index in [0.29, 0.717) is 6.54 Å². The van der Waals surface area contributed by atoms with Crippen LogP contribution in [-0.4, -0.2) is 34.2 Å². The highest BCUT2D eigenvalue weighted by molar-refractivity contribution is 6.02. The normalized spacial score (nSPS) is 14.7. The van der Waals surface area contributed by atoms with Crippen LogP contribution in [0.5, 0.6) is 0 Å². The Kier molecular flexibility index (Phi) is 10.1. The highest BCUT2D eigenvalue weighted by atomic mass is 16.2. The number of unbranched alkanes of at least 4 members (excludes halogenated alkanes) is 9. The lowest BCUT2D eigenvalue weighted by molar-refractivity contribution is -0.128. The van der Waals surface area contributed by atoms with Gasteiger partial charge in [-0.05, 0) is 18.4 Å². The van der Waals surface area contributed by atoms with E-state index in [1.807, 2.05) is 0 Å². The molecule has 0 saturated heterocycles. The van der Waals surface area contributed by atoms with Crippen LogP contribution in [0, 0.1) is 0 Å². The minimum absolute atomic E-state index is 0.315. The van der Waals surface area contributed by atoms with E-state index in [1.165, 1.54) is 65.2 Å². The van der Waals surface area contributed by atoms with Crippen molar-refractivity contribution in [1.82, 2.24) is 9.80 Å². The Hall–Kier alpha value is -1.65. The molecule has 1 heterocycles. The third-order valence-electron chi connectivity index (χ3n) is 4.68. The van der Waals surface area contributed by atoms with Crippen molar-refractivity contribution in [2.75, 3.05) is 6.54 Å². The van der Waals surface area contributed by atoms with Crippen LogP contribution >= 0.6 is 0 Å². The summed E-state index contributed by atoms with van der Waals surface area (Å²) >= 11 is 0. The Labute approximate surface area is 152 Å². The average molecular weight is 351 g/mol.